The third-order valence-electron chi connectivity index (χ3n) is 4.74. The number of fused-ring (bicyclic) bond motifs is 1. The number of carbonyl (C=O) groups is 1. The molecule has 0 unspecified atom stereocenters. The predicted molar refractivity (Wildman–Crippen MR) is 103 cm³/mol. The molecular formula is C18H22N4O6S. The van der Waals surface area contributed by atoms with Gasteiger partial charge in [-0.05, 0) is 19.1 Å². The van der Waals surface area contributed by atoms with Gasteiger partial charge in [0.25, 0.3) is 0 Å². The van der Waals surface area contributed by atoms with Gasteiger partial charge in [0.1, 0.15) is 13.2 Å². The van der Waals surface area contributed by atoms with Gasteiger partial charge in [-0.3, -0.25) is 15.0 Å². The Labute approximate surface area is 168 Å². The molecule has 0 saturated carbocycles. The molecule has 29 heavy (non-hydrogen) atoms. The van der Waals surface area contributed by atoms with Gasteiger partial charge in [-0.2, -0.15) is 4.31 Å². The monoisotopic (exact) mass is 422 g/mol. The number of sulfonamides is 1. The zero-order chi connectivity index (χ0) is 20.4. The maximum absolute atomic E-state index is 13.0. The second-order valence-corrected chi connectivity index (χ2v) is 8.80. The van der Waals surface area contributed by atoms with Gasteiger partial charge in [0, 0.05) is 38.3 Å². The van der Waals surface area contributed by atoms with Crippen LogP contribution in [0.2, 0.25) is 0 Å². The summed E-state index contributed by atoms with van der Waals surface area (Å²) >= 11 is 0. The lowest BCUT2D eigenvalue weighted by Crippen LogP contribution is -2.50. The normalized spacial score (nSPS) is 17.8. The number of hydrogen-bond acceptors (Lipinski definition) is 8. The summed E-state index contributed by atoms with van der Waals surface area (Å²) in [6, 6.07) is 6.29. The number of carbonyl (C=O) groups excluding carboxylic acids is 1. The Bertz CT molecular complexity index is 998. The van der Waals surface area contributed by atoms with E-state index in [9.17, 15) is 13.2 Å². The first-order chi connectivity index (χ1) is 13.9. The van der Waals surface area contributed by atoms with Crippen LogP contribution in [-0.2, 0) is 14.8 Å². The third-order valence-corrected chi connectivity index (χ3v) is 6.64. The van der Waals surface area contributed by atoms with Crippen LogP contribution in [0.25, 0.3) is 0 Å². The number of amides is 1. The van der Waals surface area contributed by atoms with E-state index in [4.69, 9.17) is 14.0 Å². The van der Waals surface area contributed by atoms with E-state index < -0.39 is 10.0 Å². The van der Waals surface area contributed by atoms with E-state index in [1.165, 1.54) is 16.4 Å². The Morgan fingerprint density at radius 1 is 1.10 bits per heavy atom. The molecule has 1 N–H and O–H groups in total. The molecule has 1 saturated heterocycles. The minimum absolute atomic E-state index is 0.150. The molecular weight excluding hydrogens is 400 g/mol. The summed E-state index contributed by atoms with van der Waals surface area (Å²) in [5, 5.41) is 6.35. The highest BCUT2D eigenvalue weighted by Crippen LogP contribution is 2.33. The molecule has 3 heterocycles. The number of benzene rings is 1. The van der Waals surface area contributed by atoms with Crippen molar-refractivity contribution >= 4 is 21.8 Å². The van der Waals surface area contributed by atoms with Crippen molar-refractivity contribution in [3.05, 3.63) is 30.0 Å². The van der Waals surface area contributed by atoms with E-state index in [1.54, 1.807) is 19.1 Å². The van der Waals surface area contributed by atoms with E-state index in [-0.39, 0.29) is 17.3 Å². The molecule has 1 fully saturated rings. The van der Waals surface area contributed by atoms with E-state index in [0.717, 1.165) is 0 Å². The van der Waals surface area contributed by atoms with Gasteiger partial charge in [0.15, 0.2) is 11.5 Å². The Morgan fingerprint density at radius 2 is 1.83 bits per heavy atom. The summed E-state index contributed by atoms with van der Waals surface area (Å²) in [4.78, 5) is 14.2. The summed E-state index contributed by atoms with van der Waals surface area (Å²) in [7, 11) is -3.65. The SMILES string of the molecule is Cc1cc(NC(=O)CN2CCN(S(=O)(=O)c3ccc4c(c3)OCCO4)CC2)on1. The lowest BCUT2D eigenvalue weighted by atomic mass is 10.3. The fourth-order valence-corrected chi connectivity index (χ4v) is 4.70. The molecule has 0 atom stereocenters. The van der Waals surface area contributed by atoms with Crippen molar-refractivity contribution in [1.29, 1.82) is 0 Å². The largest absolute Gasteiger partial charge is 0.486 e. The molecule has 0 radical (unpaired) electrons. The number of nitrogens with zero attached hydrogens (tertiary/aromatic N) is 3. The number of piperazine rings is 1. The standard InChI is InChI=1S/C18H22N4O6S/c1-13-10-18(28-20-13)19-17(23)12-21-4-6-22(7-5-21)29(24,25)14-2-3-15-16(11-14)27-9-8-26-15/h2-3,10-11H,4-9,12H2,1H3,(H,19,23). The Balaban J connectivity index is 1.34. The summed E-state index contributed by atoms with van der Waals surface area (Å²) in [6.07, 6.45) is 0. The molecule has 0 spiro atoms. The van der Waals surface area contributed by atoms with Crippen molar-refractivity contribution < 1.29 is 27.2 Å². The lowest BCUT2D eigenvalue weighted by molar-refractivity contribution is -0.117. The highest BCUT2D eigenvalue weighted by molar-refractivity contribution is 7.89. The summed E-state index contributed by atoms with van der Waals surface area (Å²) in [6.45, 7) is 4.25. The van der Waals surface area contributed by atoms with Crippen LogP contribution in [0.15, 0.2) is 33.7 Å². The van der Waals surface area contributed by atoms with Gasteiger partial charge in [-0.1, -0.05) is 5.16 Å². The molecule has 0 bridgehead atoms. The summed E-state index contributed by atoms with van der Waals surface area (Å²) < 4.78 is 43.2. The summed E-state index contributed by atoms with van der Waals surface area (Å²) in [5.74, 6) is 1.06. The number of rotatable bonds is 5. The fraction of sp³-hybridized carbons (Fsp3) is 0.444. The lowest BCUT2D eigenvalue weighted by Gasteiger charge is -2.33. The number of aryl methyl sites for hydroxylation is 1. The van der Waals surface area contributed by atoms with Gasteiger partial charge >= 0.3 is 0 Å². The van der Waals surface area contributed by atoms with Crippen LogP contribution in [-0.4, -0.2) is 74.6 Å². The number of nitrogens with one attached hydrogen (secondary N) is 1. The first kappa shape index (κ1) is 19.7. The molecule has 0 aliphatic carbocycles. The van der Waals surface area contributed by atoms with E-state index in [2.05, 4.69) is 10.5 Å². The highest BCUT2D eigenvalue weighted by atomic mass is 32.2. The van der Waals surface area contributed by atoms with Gasteiger partial charge in [0.2, 0.25) is 21.8 Å². The molecule has 1 amide bonds. The molecule has 1 aromatic carbocycles. The van der Waals surface area contributed by atoms with Crippen LogP contribution in [0.5, 0.6) is 11.5 Å². The zero-order valence-corrected chi connectivity index (χ0v) is 16.8. The minimum atomic E-state index is -3.65. The van der Waals surface area contributed by atoms with Crippen LogP contribution in [0.1, 0.15) is 5.69 Å². The highest BCUT2D eigenvalue weighted by Gasteiger charge is 2.30. The molecule has 1 aromatic heterocycles. The third kappa shape index (κ3) is 4.36. The maximum atomic E-state index is 13.0. The van der Waals surface area contributed by atoms with Crippen molar-refractivity contribution in [1.82, 2.24) is 14.4 Å². The van der Waals surface area contributed by atoms with Crippen LogP contribution in [0, 0.1) is 6.92 Å². The van der Waals surface area contributed by atoms with E-state index >= 15 is 0 Å². The minimum Gasteiger partial charge on any atom is -0.486 e. The van der Waals surface area contributed by atoms with E-state index in [1.807, 2.05) is 4.90 Å². The molecule has 156 valence electrons. The number of ether oxygens (including phenoxy) is 2. The average molecular weight is 422 g/mol. The van der Waals surface area contributed by atoms with Crippen LogP contribution < -0.4 is 14.8 Å². The number of aromatic nitrogens is 1. The first-order valence-corrected chi connectivity index (χ1v) is 10.7. The average Bonchev–Trinajstić information content (AvgIpc) is 3.12. The Kier molecular flexibility index (Phi) is 5.43. The van der Waals surface area contributed by atoms with Crippen molar-refractivity contribution in [2.45, 2.75) is 11.8 Å². The zero-order valence-electron chi connectivity index (χ0n) is 16.0. The first-order valence-electron chi connectivity index (χ1n) is 9.27. The molecule has 2 aliphatic rings. The Hall–Kier alpha value is -2.63. The van der Waals surface area contributed by atoms with Crippen LogP contribution in [0.3, 0.4) is 0 Å². The van der Waals surface area contributed by atoms with Crippen molar-refractivity contribution in [2.24, 2.45) is 0 Å². The number of anilines is 1. The van der Waals surface area contributed by atoms with Crippen molar-refractivity contribution in [2.75, 3.05) is 51.3 Å². The fourth-order valence-electron chi connectivity index (χ4n) is 3.26. The maximum Gasteiger partial charge on any atom is 0.243 e. The second-order valence-electron chi connectivity index (χ2n) is 6.87. The van der Waals surface area contributed by atoms with E-state index in [0.29, 0.717) is 62.5 Å². The quantitative estimate of drug-likeness (QED) is 0.749. The Morgan fingerprint density at radius 3 is 2.52 bits per heavy atom. The molecule has 2 aliphatic heterocycles. The van der Waals surface area contributed by atoms with Gasteiger partial charge in [-0.15, -0.1) is 0 Å². The van der Waals surface area contributed by atoms with Gasteiger partial charge in [0.05, 0.1) is 17.1 Å². The molecule has 4 rings (SSSR count). The van der Waals surface area contributed by atoms with Crippen molar-refractivity contribution in [3.8, 4) is 11.5 Å². The van der Waals surface area contributed by atoms with Gasteiger partial charge < -0.3 is 14.0 Å². The van der Waals surface area contributed by atoms with Gasteiger partial charge in [-0.25, -0.2) is 8.42 Å². The molecule has 2 aromatic rings. The smallest absolute Gasteiger partial charge is 0.243 e. The predicted octanol–water partition coefficient (Wildman–Crippen LogP) is 0.699. The molecule has 11 heteroatoms. The second kappa shape index (κ2) is 8.01. The van der Waals surface area contributed by atoms with Crippen LogP contribution in [0.4, 0.5) is 5.88 Å². The topological polar surface area (TPSA) is 114 Å². The summed E-state index contributed by atoms with van der Waals surface area (Å²) in [5.41, 5.74) is 0.679. The van der Waals surface area contributed by atoms with Crippen LogP contribution >= 0.6 is 0 Å². The number of hydrogen-bond donors (Lipinski definition) is 1. The van der Waals surface area contributed by atoms with Crippen molar-refractivity contribution in [3.63, 3.8) is 0 Å². The molecule has 10 nitrogen and oxygen atoms in total.